The van der Waals surface area contributed by atoms with Gasteiger partial charge in [-0.3, -0.25) is 0 Å². The Bertz CT molecular complexity index is 1060. The van der Waals surface area contributed by atoms with Gasteiger partial charge in [0.1, 0.15) is 4.83 Å². The van der Waals surface area contributed by atoms with E-state index in [1.165, 1.54) is 6.20 Å². The number of benzene rings is 1. The fourth-order valence-electron chi connectivity index (χ4n) is 2.59. The van der Waals surface area contributed by atoms with E-state index in [0.29, 0.717) is 16.4 Å². The van der Waals surface area contributed by atoms with Crippen LogP contribution in [0.4, 0.5) is 0 Å². The highest BCUT2D eigenvalue weighted by Gasteiger charge is 2.19. The number of nitrogens with zero attached hydrogens (tertiary/aromatic N) is 3. The first-order valence-electron chi connectivity index (χ1n) is 7.82. The van der Waals surface area contributed by atoms with E-state index in [4.69, 9.17) is 9.72 Å². The standard InChI is InChI=1S/C19H15N3O2S/c1-12-13(2)25-19-16(12)18(24-15-10-6-7-11-22(15)23)20-17(21-19)14-8-4-3-5-9-14/h3-11H,1-2H3. The van der Waals surface area contributed by atoms with Crippen LogP contribution in [0, 0.1) is 19.1 Å². The van der Waals surface area contributed by atoms with E-state index in [9.17, 15) is 5.21 Å². The number of pyridine rings is 1. The smallest absolute Gasteiger partial charge is 0.386 e. The molecule has 4 rings (SSSR count). The minimum Gasteiger partial charge on any atom is -0.616 e. The second-order valence-corrected chi connectivity index (χ2v) is 6.85. The van der Waals surface area contributed by atoms with Gasteiger partial charge in [-0.1, -0.05) is 30.3 Å². The molecule has 0 bridgehead atoms. The molecule has 124 valence electrons. The molecular formula is C19H15N3O2S. The summed E-state index contributed by atoms with van der Waals surface area (Å²) in [7, 11) is 0. The van der Waals surface area contributed by atoms with Crippen LogP contribution >= 0.6 is 11.3 Å². The summed E-state index contributed by atoms with van der Waals surface area (Å²) >= 11 is 1.60. The molecule has 0 aliphatic carbocycles. The van der Waals surface area contributed by atoms with Gasteiger partial charge in [0, 0.05) is 16.5 Å². The number of fused-ring (bicyclic) bond motifs is 1. The van der Waals surface area contributed by atoms with Crippen LogP contribution in [0.15, 0.2) is 54.7 Å². The fourth-order valence-corrected chi connectivity index (χ4v) is 3.61. The molecule has 0 fully saturated rings. The van der Waals surface area contributed by atoms with Crippen LogP contribution in [0.1, 0.15) is 10.4 Å². The molecule has 0 N–H and O–H groups in total. The van der Waals surface area contributed by atoms with Crippen LogP contribution in [0.5, 0.6) is 11.8 Å². The maximum absolute atomic E-state index is 12.0. The normalized spacial score (nSPS) is 11.0. The van der Waals surface area contributed by atoms with Gasteiger partial charge in [-0.15, -0.1) is 16.1 Å². The van der Waals surface area contributed by atoms with Gasteiger partial charge in [0.2, 0.25) is 5.88 Å². The summed E-state index contributed by atoms with van der Waals surface area (Å²) in [6.07, 6.45) is 1.40. The second-order valence-electron chi connectivity index (χ2n) is 5.65. The SMILES string of the molecule is Cc1sc2nc(-c3ccccc3)nc(Oc3cccc[n+]3[O-])c2c1C. The van der Waals surface area contributed by atoms with Crippen molar-refractivity contribution in [2.45, 2.75) is 13.8 Å². The molecule has 3 aromatic heterocycles. The molecule has 25 heavy (non-hydrogen) atoms. The quantitative estimate of drug-likeness (QED) is 0.406. The van der Waals surface area contributed by atoms with Gasteiger partial charge in [-0.2, -0.15) is 4.98 Å². The van der Waals surface area contributed by atoms with Crippen molar-refractivity contribution in [3.8, 4) is 23.1 Å². The molecule has 0 atom stereocenters. The zero-order valence-electron chi connectivity index (χ0n) is 13.8. The molecule has 0 radical (unpaired) electrons. The molecule has 0 amide bonds. The average molecular weight is 349 g/mol. The van der Waals surface area contributed by atoms with Crippen LogP contribution in [0.25, 0.3) is 21.6 Å². The lowest BCUT2D eigenvalue weighted by Gasteiger charge is -2.08. The number of rotatable bonds is 3. The Morgan fingerprint density at radius 3 is 2.52 bits per heavy atom. The Balaban J connectivity index is 1.93. The van der Waals surface area contributed by atoms with Crippen molar-refractivity contribution < 1.29 is 9.47 Å². The minimum atomic E-state index is 0.185. The zero-order chi connectivity index (χ0) is 17.4. The van der Waals surface area contributed by atoms with Crippen molar-refractivity contribution in [2.75, 3.05) is 0 Å². The lowest BCUT2D eigenvalue weighted by atomic mass is 10.2. The van der Waals surface area contributed by atoms with E-state index in [-0.39, 0.29) is 5.88 Å². The minimum absolute atomic E-state index is 0.185. The largest absolute Gasteiger partial charge is 0.616 e. The highest BCUT2D eigenvalue weighted by atomic mass is 32.1. The van der Waals surface area contributed by atoms with Gasteiger partial charge < -0.3 is 9.94 Å². The summed E-state index contributed by atoms with van der Waals surface area (Å²) in [5.41, 5.74) is 1.98. The maximum atomic E-state index is 12.0. The predicted octanol–water partition coefficient (Wildman–Crippen LogP) is 4.40. The first kappa shape index (κ1) is 15.5. The van der Waals surface area contributed by atoms with Gasteiger partial charge in [-0.05, 0) is 25.5 Å². The molecule has 0 spiro atoms. The number of thiophene rings is 1. The van der Waals surface area contributed by atoms with Crippen LogP contribution < -0.4 is 9.47 Å². The Morgan fingerprint density at radius 2 is 1.76 bits per heavy atom. The van der Waals surface area contributed by atoms with Crippen molar-refractivity contribution in [3.63, 3.8) is 0 Å². The number of hydrogen-bond donors (Lipinski definition) is 0. The first-order chi connectivity index (χ1) is 12.1. The van der Waals surface area contributed by atoms with Crippen LogP contribution in [0.3, 0.4) is 0 Å². The van der Waals surface area contributed by atoms with E-state index >= 15 is 0 Å². The summed E-state index contributed by atoms with van der Waals surface area (Å²) in [5.74, 6) is 1.17. The molecule has 3 heterocycles. The molecule has 0 saturated heterocycles. The Hall–Kier alpha value is -2.99. The van der Waals surface area contributed by atoms with E-state index in [0.717, 1.165) is 26.2 Å². The molecule has 0 unspecified atom stereocenters. The second kappa shape index (κ2) is 6.14. The summed E-state index contributed by atoms with van der Waals surface area (Å²) in [6, 6.07) is 14.8. The number of aromatic nitrogens is 3. The molecular weight excluding hydrogens is 334 g/mol. The number of hydrogen-bond acceptors (Lipinski definition) is 5. The van der Waals surface area contributed by atoms with Crippen molar-refractivity contribution >= 4 is 21.6 Å². The summed E-state index contributed by atoms with van der Waals surface area (Å²) in [6.45, 7) is 4.06. The first-order valence-corrected chi connectivity index (χ1v) is 8.64. The Morgan fingerprint density at radius 1 is 1.00 bits per heavy atom. The Labute approximate surface area is 148 Å². The van der Waals surface area contributed by atoms with Crippen LogP contribution in [0.2, 0.25) is 0 Å². The molecule has 5 nitrogen and oxygen atoms in total. The number of ether oxygens (including phenoxy) is 1. The molecule has 4 aromatic rings. The van der Waals surface area contributed by atoms with Gasteiger partial charge in [0.25, 0.3) is 0 Å². The topological polar surface area (TPSA) is 62.0 Å². The number of aryl methyl sites for hydroxylation is 2. The van der Waals surface area contributed by atoms with Crippen molar-refractivity contribution in [1.82, 2.24) is 9.97 Å². The lowest BCUT2D eigenvalue weighted by Crippen LogP contribution is -2.27. The third kappa shape index (κ3) is 2.81. The van der Waals surface area contributed by atoms with E-state index < -0.39 is 0 Å². The average Bonchev–Trinajstić information content (AvgIpc) is 2.92. The van der Waals surface area contributed by atoms with Crippen LogP contribution in [-0.2, 0) is 0 Å². The van der Waals surface area contributed by atoms with E-state index in [1.54, 1.807) is 29.5 Å². The van der Waals surface area contributed by atoms with Crippen molar-refractivity contribution in [2.24, 2.45) is 0 Å². The van der Waals surface area contributed by atoms with Gasteiger partial charge in [0.05, 0.1) is 11.5 Å². The molecule has 0 aliphatic rings. The van der Waals surface area contributed by atoms with Gasteiger partial charge >= 0.3 is 5.88 Å². The summed E-state index contributed by atoms with van der Waals surface area (Å²) < 4.78 is 6.57. The van der Waals surface area contributed by atoms with Crippen molar-refractivity contribution in [1.29, 1.82) is 0 Å². The highest BCUT2D eigenvalue weighted by Crippen LogP contribution is 2.37. The molecule has 1 aromatic carbocycles. The fraction of sp³-hybridized carbons (Fsp3) is 0.105. The predicted molar refractivity (Wildman–Crippen MR) is 97.8 cm³/mol. The van der Waals surface area contributed by atoms with Gasteiger partial charge in [-0.25, -0.2) is 4.98 Å². The van der Waals surface area contributed by atoms with Crippen molar-refractivity contribution in [3.05, 3.63) is 70.4 Å². The monoisotopic (exact) mass is 349 g/mol. The van der Waals surface area contributed by atoms with E-state index in [2.05, 4.69) is 4.98 Å². The van der Waals surface area contributed by atoms with E-state index in [1.807, 2.05) is 44.2 Å². The van der Waals surface area contributed by atoms with Gasteiger partial charge in [0.15, 0.2) is 12.0 Å². The van der Waals surface area contributed by atoms with Crippen LogP contribution in [-0.4, -0.2) is 9.97 Å². The third-order valence-corrected chi connectivity index (χ3v) is 5.12. The Kier molecular flexibility index (Phi) is 3.82. The summed E-state index contributed by atoms with van der Waals surface area (Å²) in [4.78, 5) is 11.3. The highest BCUT2D eigenvalue weighted by molar-refractivity contribution is 7.18. The molecule has 6 heteroatoms. The molecule has 0 saturated carbocycles. The zero-order valence-corrected chi connectivity index (χ0v) is 14.6. The third-order valence-electron chi connectivity index (χ3n) is 4.02. The molecule has 0 aliphatic heterocycles. The maximum Gasteiger partial charge on any atom is 0.386 e. The summed E-state index contributed by atoms with van der Waals surface area (Å²) in [5, 5.41) is 12.8. The lowest BCUT2D eigenvalue weighted by molar-refractivity contribution is -0.611.